The molecule has 7 heteroatoms. The number of rotatable bonds is 3. The smallest absolute Gasteiger partial charge is 0.208 e. The summed E-state index contributed by atoms with van der Waals surface area (Å²) in [5.74, 6) is -0.372. The highest BCUT2D eigenvalue weighted by atomic mass is 16.5. The average molecular weight is 426 g/mol. The molecule has 3 heterocycles. The van der Waals surface area contributed by atoms with Crippen LogP contribution >= 0.6 is 0 Å². The summed E-state index contributed by atoms with van der Waals surface area (Å²) in [6.45, 7) is 6.51. The maximum Gasteiger partial charge on any atom is 0.208 e. The van der Waals surface area contributed by atoms with Gasteiger partial charge in [0.2, 0.25) is 5.43 Å². The summed E-state index contributed by atoms with van der Waals surface area (Å²) in [6, 6.07) is 3.89. The molecule has 2 saturated heterocycles. The van der Waals surface area contributed by atoms with Crippen molar-refractivity contribution in [2.24, 2.45) is 11.3 Å². The third kappa shape index (κ3) is 2.59. The number of hydrogen-bond acceptors (Lipinski definition) is 7. The third-order valence-electron chi connectivity index (χ3n) is 7.50. The van der Waals surface area contributed by atoms with Gasteiger partial charge in [0.25, 0.3) is 0 Å². The highest BCUT2D eigenvalue weighted by molar-refractivity contribution is 5.99. The van der Waals surface area contributed by atoms with Crippen LogP contribution < -0.4 is 10.2 Å². The van der Waals surface area contributed by atoms with Gasteiger partial charge in [0, 0.05) is 11.6 Å². The molecule has 2 aliphatic rings. The molecular formula is C24H26O7. The maximum absolute atomic E-state index is 13.2. The zero-order valence-corrected chi connectivity index (χ0v) is 18.0. The van der Waals surface area contributed by atoms with Gasteiger partial charge in [-0.3, -0.25) is 4.79 Å². The Morgan fingerprint density at radius 2 is 1.74 bits per heavy atom. The molecule has 2 fully saturated rings. The molecule has 3 atom stereocenters. The molecule has 2 aromatic carbocycles. The molecule has 2 bridgehead atoms. The Hall–Kier alpha value is -2.93. The fourth-order valence-electron chi connectivity index (χ4n) is 5.82. The van der Waals surface area contributed by atoms with E-state index in [4.69, 9.17) is 13.9 Å². The third-order valence-corrected chi connectivity index (χ3v) is 7.50. The second-order valence-corrected chi connectivity index (χ2v) is 9.56. The first-order valence-electron chi connectivity index (χ1n) is 10.5. The molecule has 0 amide bonds. The first-order chi connectivity index (χ1) is 14.6. The first-order valence-corrected chi connectivity index (χ1v) is 10.5. The Bertz CT molecular complexity index is 1280. The van der Waals surface area contributed by atoms with Crippen molar-refractivity contribution in [2.45, 2.75) is 51.7 Å². The number of phenolic OH excluding ortho intramolecular Hbond substituents is 3. The van der Waals surface area contributed by atoms with E-state index in [1.54, 1.807) is 0 Å². The summed E-state index contributed by atoms with van der Waals surface area (Å²) in [5, 5.41) is 30.9. The van der Waals surface area contributed by atoms with Gasteiger partial charge in [-0.15, -0.1) is 0 Å². The van der Waals surface area contributed by atoms with Crippen molar-refractivity contribution in [1.29, 1.82) is 0 Å². The van der Waals surface area contributed by atoms with Crippen LogP contribution in [-0.2, 0) is 11.2 Å². The predicted octanol–water partition coefficient (Wildman–Crippen LogP) is 4.21. The van der Waals surface area contributed by atoms with Crippen LogP contribution in [0.25, 0.3) is 21.9 Å². The van der Waals surface area contributed by atoms with Crippen LogP contribution in [0, 0.1) is 11.3 Å². The van der Waals surface area contributed by atoms with Crippen molar-refractivity contribution >= 4 is 21.9 Å². The number of methoxy groups -OCH3 is 1. The van der Waals surface area contributed by atoms with Crippen molar-refractivity contribution in [3.8, 4) is 23.0 Å². The van der Waals surface area contributed by atoms with E-state index in [1.807, 2.05) is 0 Å². The van der Waals surface area contributed by atoms with E-state index in [-0.39, 0.29) is 62.2 Å². The van der Waals surface area contributed by atoms with Gasteiger partial charge in [0.1, 0.15) is 33.6 Å². The van der Waals surface area contributed by atoms with Crippen LogP contribution in [0.3, 0.4) is 0 Å². The van der Waals surface area contributed by atoms with Gasteiger partial charge in [-0.05, 0) is 49.7 Å². The topological polar surface area (TPSA) is 109 Å². The van der Waals surface area contributed by atoms with Crippen LogP contribution in [0.1, 0.15) is 39.2 Å². The molecule has 164 valence electrons. The van der Waals surface area contributed by atoms with E-state index in [2.05, 4.69) is 20.8 Å². The van der Waals surface area contributed by atoms with Gasteiger partial charge in [0.05, 0.1) is 18.8 Å². The molecule has 5 rings (SSSR count). The van der Waals surface area contributed by atoms with Crippen LogP contribution in [0.15, 0.2) is 27.4 Å². The van der Waals surface area contributed by atoms with E-state index in [9.17, 15) is 20.1 Å². The molecule has 31 heavy (non-hydrogen) atoms. The zero-order valence-electron chi connectivity index (χ0n) is 18.0. The van der Waals surface area contributed by atoms with Crippen molar-refractivity contribution < 1.29 is 29.2 Å². The lowest BCUT2D eigenvalue weighted by atomic mass is 9.62. The summed E-state index contributed by atoms with van der Waals surface area (Å²) in [5.41, 5.74) is -0.354. The minimum absolute atomic E-state index is 0.0452. The number of ether oxygens (including phenoxy) is 2. The van der Waals surface area contributed by atoms with E-state index in [0.29, 0.717) is 17.7 Å². The molecule has 7 nitrogen and oxygen atoms in total. The molecule has 0 unspecified atom stereocenters. The van der Waals surface area contributed by atoms with E-state index < -0.39 is 5.43 Å². The quantitative estimate of drug-likeness (QED) is 0.425. The van der Waals surface area contributed by atoms with Crippen LogP contribution in [-0.4, -0.2) is 34.1 Å². The molecule has 3 N–H and O–H groups in total. The second-order valence-electron chi connectivity index (χ2n) is 9.56. The normalized spacial score (nSPS) is 26.7. The summed E-state index contributed by atoms with van der Waals surface area (Å²) < 4.78 is 17.9. The summed E-state index contributed by atoms with van der Waals surface area (Å²) >= 11 is 0. The zero-order chi connectivity index (χ0) is 22.3. The Labute approximate surface area is 178 Å². The van der Waals surface area contributed by atoms with Gasteiger partial charge < -0.3 is 29.2 Å². The molecule has 2 aliphatic heterocycles. The second kappa shape index (κ2) is 6.29. The Morgan fingerprint density at radius 3 is 2.39 bits per heavy atom. The van der Waals surface area contributed by atoms with Crippen molar-refractivity contribution in [1.82, 2.24) is 0 Å². The van der Waals surface area contributed by atoms with Crippen molar-refractivity contribution in [3.63, 3.8) is 0 Å². The van der Waals surface area contributed by atoms with Crippen LogP contribution in [0.2, 0.25) is 0 Å². The highest BCUT2D eigenvalue weighted by Crippen LogP contribution is 2.59. The Balaban J connectivity index is 1.81. The van der Waals surface area contributed by atoms with E-state index in [1.165, 1.54) is 25.3 Å². The van der Waals surface area contributed by atoms with Gasteiger partial charge in [0.15, 0.2) is 11.3 Å². The summed E-state index contributed by atoms with van der Waals surface area (Å²) in [6.07, 6.45) is 2.63. The van der Waals surface area contributed by atoms with Crippen molar-refractivity contribution in [3.05, 3.63) is 34.0 Å². The molecule has 0 radical (unpaired) electrons. The SMILES string of the molecule is COc1cc(O)c2c(=O)c3c(O)ccc(O)c3oc2c1C[C@H]1C(C)(C)[C@@H]2CC[C@@]1(C)O2. The van der Waals surface area contributed by atoms with E-state index >= 15 is 0 Å². The lowest BCUT2D eigenvalue weighted by Crippen LogP contribution is -2.41. The van der Waals surface area contributed by atoms with Crippen LogP contribution in [0.5, 0.6) is 23.0 Å². The average Bonchev–Trinajstić information content (AvgIpc) is 3.19. The highest BCUT2D eigenvalue weighted by Gasteiger charge is 2.60. The Morgan fingerprint density at radius 1 is 1.06 bits per heavy atom. The fourth-order valence-corrected chi connectivity index (χ4v) is 5.82. The van der Waals surface area contributed by atoms with Gasteiger partial charge in [-0.1, -0.05) is 13.8 Å². The molecule has 0 saturated carbocycles. The fraction of sp³-hybridized carbons (Fsp3) is 0.458. The first kappa shape index (κ1) is 20.0. The number of benzene rings is 2. The molecular weight excluding hydrogens is 400 g/mol. The maximum atomic E-state index is 13.2. The predicted molar refractivity (Wildman–Crippen MR) is 115 cm³/mol. The number of fused-ring (bicyclic) bond motifs is 4. The number of hydrogen-bond donors (Lipinski definition) is 3. The minimum Gasteiger partial charge on any atom is -0.507 e. The number of phenols is 3. The Kier molecular flexibility index (Phi) is 4.06. The van der Waals surface area contributed by atoms with Crippen LogP contribution in [0.4, 0.5) is 0 Å². The van der Waals surface area contributed by atoms with E-state index in [0.717, 1.165) is 12.8 Å². The monoisotopic (exact) mass is 426 g/mol. The standard InChI is InChI=1S/C24H26O7/c1-23(2)16(24(3)8-7-17(23)31-24)9-11-15(29-4)10-14(27)19-20(28)18-12(25)5-6-13(26)22(18)30-21(11)19/h5-6,10,16-17,25-27H,7-9H2,1-4H3/t16-,17-,24+/m0/s1. The minimum atomic E-state index is -0.610. The van der Waals surface area contributed by atoms with Gasteiger partial charge in [-0.25, -0.2) is 0 Å². The lowest BCUT2D eigenvalue weighted by molar-refractivity contribution is 0.00597. The van der Waals surface area contributed by atoms with Gasteiger partial charge >= 0.3 is 0 Å². The molecule has 0 spiro atoms. The van der Waals surface area contributed by atoms with Crippen molar-refractivity contribution in [2.75, 3.05) is 7.11 Å². The molecule has 0 aliphatic carbocycles. The lowest BCUT2D eigenvalue weighted by Gasteiger charge is -2.39. The number of aromatic hydroxyl groups is 3. The summed E-state index contributed by atoms with van der Waals surface area (Å²) in [7, 11) is 1.50. The summed E-state index contributed by atoms with van der Waals surface area (Å²) in [4.78, 5) is 13.2. The molecule has 3 aromatic rings. The van der Waals surface area contributed by atoms with Gasteiger partial charge in [-0.2, -0.15) is 0 Å². The largest absolute Gasteiger partial charge is 0.507 e. The molecule has 1 aromatic heterocycles.